The first kappa shape index (κ1) is 25.9. The van der Waals surface area contributed by atoms with Crippen molar-refractivity contribution in [3.63, 3.8) is 0 Å². The average molecular weight is 534 g/mol. The maximum atomic E-state index is 13.1. The Balaban J connectivity index is 1.53. The fourth-order valence-corrected chi connectivity index (χ4v) is 7.11. The van der Waals surface area contributed by atoms with E-state index in [1.165, 1.54) is 15.6 Å². The molecule has 0 aliphatic carbocycles. The number of amides is 1. The molecule has 35 heavy (non-hydrogen) atoms. The molecule has 1 saturated heterocycles. The van der Waals surface area contributed by atoms with Crippen molar-refractivity contribution in [2.24, 2.45) is 10.9 Å². The number of aryl methyl sites for hydroxylation is 2. The van der Waals surface area contributed by atoms with E-state index in [4.69, 9.17) is 4.74 Å². The van der Waals surface area contributed by atoms with Gasteiger partial charge >= 0.3 is 0 Å². The first-order valence-electron chi connectivity index (χ1n) is 11.7. The van der Waals surface area contributed by atoms with Crippen LogP contribution in [0.4, 0.5) is 0 Å². The minimum Gasteiger partial charge on any atom is -0.494 e. The molecular formula is C25H31N3O4S3. The lowest BCUT2D eigenvalue weighted by Gasteiger charge is -2.29. The molecule has 1 fully saturated rings. The summed E-state index contributed by atoms with van der Waals surface area (Å²) in [5.74, 6) is 1.26. The number of aromatic nitrogens is 1. The summed E-state index contributed by atoms with van der Waals surface area (Å²) >= 11 is 3.24. The van der Waals surface area contributed by atoms with Crippen LogP contribution in [0.5, 0.6) is 5.75 Å². The molecule has 1 aromatic heterocycles. The van der Waals surface area contributed by atoms with Gasteiger partial charge in [0, 0.05) is 31.3 Å². The van der Waals surface area contributed by atoms with Crippen LogP contribution in [0.1, 0.15) is 25.3 Å². The molecule has 1 amide bonds. The fourth-order valence-electron chi connectivity index (χ4n) is 4.18. The monoisotopic (exact) mass is 533 g/mol. The molecule has 1 aliphatic rings. The summed E-state index contributed by atoms with van der Waals surface area (Å²) in [4.78, 5) is 18.6. The number of piperidine rings is 1. The average Bonchev–Trinajstić information content (AvgIpc) is 3.19. The highest BCUT2D eigenvalue weighted by Gasteiger charge is 2.32. The van der Waals surface area contributed by atoms with Crippen molar-refractivity contribution < 1.29 is 17.9 Å². The number of ether oxygens (including phenoxy) is 1. The summed E-state index contributed by atoms with van der Waals surface area (Å²) in [6.07, 6.45) is 3.00. The molecule has 0 bridgehead atoms. The minimum atomic E-state index is -3.55. The van der Waals surface area contributed by atoms with Crippen molar-refractivity contribution in [1.82, 2.24) is 8.87 Å². The van der Waals surface area contributed by atoms with Gasteiger partial charge in [-0.1, -0.05) is 29.0 Å². The van der Waals surface area contributed by atoms with Crippen LogP contribution in [0.3, 0.4) is 0 Å². The van der Waals surface area contributed by atoms with E-state index in [9.17, 15) is 13.2 Å². The number of thioether (sulfide) groups is 1. The topological polar surface area (TPSA) is 81.0 Å². The molecule has 0 N–H and O–H groups in total. The molecule has 188 valence electrons. The third-order valence-corrected chi connectivity index (χ3v) is 9.70. The molecule has 0 unspecified atom stereocenters. The Morgan fingerprint density at radius 2 is 1.89 bits per heavy atom. The Hall–Kier alpha value is -2.14. The van der Waals surface area contributed by atoms with E-state index in [2.05, 4.69) is 15.8 Å². The highest BCUT2D eigenvalue weighted by Crippen LogP contribution is 2.26. The second-order valence-electron chi connectivity index (χ2n) is 8.53. The fraction of sp³-hybridized carbons (Fsp3) is 0.440. The summed E-state index contributed by atoms with van der Waals surface area (Å²) < 4.78 is 36.2. The summed E-state index contributed by atoms with van der Waals surface area (Å²) in [6, 6.07) is 12.9. The Morgan fingerprint density at radius 1 is 1.17 bits per heavy atom. The van der Waals surface area contributed by atoms with Gasteiger partial charge in [0.1, 0.15) is 5.75 Å². The van der Waals surface area contributed by atoms with E-state index in [-0.39, 0.29) is 11.8 Å². The van der Waals surface area contributed by atoms with Gasteiger partial charge in [-0.3, -0.25) is 4.79 Å². The maximum absolute atomic E-state index is 13.1. The Kier molecular flexibility index (Phi) is 8.36. The second kappa shape index (κ2) is 11.3. The first-order valence-corrected chi connectivity index (χ1v) is 15.4. The van der Waals surface area contributed by atoms with Crippen molar-refractivity contribution in [3.05, 3.63) is 52.8 Å². The highest BCUT2D eigenvalue weighted by molar-refractivity contribution is 7.98. The number of rotatable bonds is 8. The van der Waals surface area contributed by atoms with Gasteiger partial charge in [0.25, 0.3) is 5.91 Å². The number of hydrogen-bond acceptors (Lipinski definition) is 6. The highest BCUT2D eigenvalue weighted by atomic mass is 32.2. The van der Waals surface area contributed by atoms with Crippen LogP contribution in [0.2, 0.25) is 0 Å². The largest absolute Gasteiger partial charge is 0.494 e. The standard InChI is InChI=1S/C25H31N3O4S3/c1-4-32-20-7-10-22-23(17-20)34-25(28(22)15-16-33-3)26-24(29)19-11-13-27(14-12-19)35(30,31)21-8-5-18(2)6-9-21/h5-10,17,19H,4,11-16H2,1-3H3. The zero-order valence-electron chi connectivity index (χ0n) is 20.3. The molecule has 1 aliphatic heterocycles. The Bertz CT molecular complexity index is 1350. The predicted octanol–water partition coefficient (Wildman–Crippen LogP) is 4.30. The smallest absolute Gasteiger partial charge is 0.251 e. The van der Waals surface area contributed by atoms with Gasteiger partial charge in [0.15, 0.2) is 4.80 Å². The van der Waals surface area contributed by atoms with Gasteiger partial charge < -0.3 is 9.30 Å². The van der Waals surface area contributed by atoms with E-state index < -0.39 is 10.0 Å². The van der Waals surface area contributed by atoms with Crippen molar-refractivity contribution in [2.45, 2.75) is 38.1 Å². The Labute approximate surface area is 214 Å². The van der Waals surface area contributed by atoms with Crippen LogP contribution in [0.25, 0.3) is 10.2 Å². The molecule has 0 saturated carbocycles. The molecule has 0 atom stereocenters. The summed E-state index contributed by atoms with van der Waals surface area (Å²) in [7, 11) is -3.55. The number of carbonyl (C=O) groups excluding carboxylic acids is 1. The van der Waals surface area contributed by atoms with Crippen LogP contribution in [-0.2, 0) is 21.4 Å². The van der Waals surface area contributed by atoms with Crippen molar-refractivity contribution >= 4 is 49.2 Å². The van der Waals surface area contributed by atoms with Crippen LogP contribution >= 0.6 is 23.1 Å². The number of nitrogens with zero attached hydrogens (tertiary/aromatic N) is 3. The number of hydrogen-bond donors (Lipinski definition) is 0. The molecular weight excluding hydrogens is 502 g/mol. The van der Waals surface area contributed by atoms with Crippen molar-refractivity contribution in [1.29, 1.82) is 0 Å². The molecule has 3 aromatic rings. The zero-order valence-corrected chi connectivity index (χ0v) is 22.7. The normalized spacial score (nSPS) is 16.1. The summed E-state index contributed by atoms with van der Waals surface area (Å²) in [6.45, 7) is 5.87. The lowest BCUT2D eigenvalue weighted by Crippen LogP contribution is -2.40. The quantitative estimate of drug-likeness (QED) is 0.431. The van der Waals surface area contributed by atoms with Crippen molar-refractivity contribution in [2.75, 3.05) is 31.7 Å². The van der Waals surface area contributed by atoms with E-state index in [0.29, 0.717) is 42.2 Å². The molecule has 0 spiro atoms. The van der Waals surface area contributed by atoms with E-state index >= 15 is 0 Å². The molecule has 7 nitrogen and oxygen atoms in total. The number of fused-ring (bicyclic) bond motifs is 1. The van der Waals surface area contributed by atoms with Gasteiger partial charge in [-0.2, -0.15) is 21.1 Å². The van der Waals surface area contributed by atoms with Crippen molar-refractivity contribution in [3.8, 4) is 5.75 Å². The van der Waals surface area contributed by atoms with E-state index in [1.807, 2.05) is 32.0 Å². The van der Waals surface area contributed by atoms with Crippen LogP contribution in [-0.4, -0.2) is 54.9 Å². The van der Waals surface area contributed by atoms with Gasteiger partial charge in [-0.05, 0) is 63.3 Å². The van der Waals surface area contributed by atoms with Crippen LogP contribution in [0, 0.1) is 12.8 Å². The maximum Gasteiger partial charge on any atom is 0.251 e. The molecule has 4 rings (SSSR count). The third kappa shape index (κ3) is 5.82. The molecule has 2 aromatic carbocycles. The molecule has 0 radical (unpaired) electrons. The Morgan fingerprint density at radius 3 is 2.54 bits per heavy atom. The van der Waals surface area contributed by atoms with E-state index in [0.717, 1.165) is 33.8 Å². The van der Waals surface area contributed by atoms with Gasteiger partial charge in [-0.15, -0.1) is 0 Å². The summed E-state index contributed by atoms with van der Waals surface area (Å²) in [5, 5.41) is 0. The number of benzene rings is 2. The minimum absolute atomic E-state index is 0.174. The number of sulfonamides is 1. The van der Waals surface area contributed by atoms with Crippen LogP contribution in [0.15, 0.2) is 52.4 Å². The van der Waals surface area contributed by atoms with Gasteiger partial charge in [0.05, 0.1) is 21.7 Å². The lowest BCUT2D eigenvalue weighted by molar-refractivity contribution is -0.122. The second-order valence-corrected chi connectivity index (χ2v) is 12.5. The predicted molar refractivity (Wildman–Crippen MR) is 143 cm³/mol. The summed E-state index contributed by atoms with van der Waals surface area (Å²) in [5.41, 5.74) is 2.05. The number of thiazole rings is 1. The van der Waals surface area contributed by atoms with Crippen LogP contribution < -0.4 is 9.54 Å². The number of carbonyl (C=O) groups is 1. The SMILES string of the molecule is CCOc1ccc2c(c1)sc(=NC(=O)C1CCN(S(=O)(=O)c3ccc(C)cc3)CC1)n2CCSC. The zero-order chi connectivity index (χ0) is 25.0. The van der Waals surface area contributed by atoms with Gasteiger partial charge in [-0.25, -0.2) is 8.42 Å². The third-order valence-electron chi connectivity index (χ3n) is 6.15. The first-order chi connectivity index (χ1) is 16.8. The molecule has 10 heteroatoms. The van der Waals surface area contributed by atoms with E-state index in [1.54, 1.807) is 36.0 Å². The lowest BCUT2D eigenvalue weighted by atomic mass is 9.98. The van der Waals surface area contributed by atoms with Gasteiger partial charge in [0.2, 0.25) is 10.0 Å². The molecule has 2 heterocycles.